The molecule has 0 aliphatic heterocycles. The fourth-order valence-corrected chi connectivity index (χ4v) is 3.75. The minimum Gasteiger partial charge on any atom is -0.481 e. The van der Waals surface area contributed by atoms with Gasteiger partial charge in [0.2, 0.25) is 0 Å². The maximum atomic E-state index is 13.5. The molecule has 2 N–H and O–H groups in total. The van der Waals surface area contributed by atoms with E-state index in [1.54, 1.807) is 48.5 Å². The number of aliphatic hydroxyl groups is 1. The summed E-state index contributed by atoms with van der Waals surface area (Å²) >= 11 is 0. The number of carboxylic acid groups (broad SMARTS) is 1. The summed E-state index contributed by atoms with van der Waals surface area (Å²) in [6, 6.07) is 17.3. The van der Waals surface area contributed by atoms with E-state index in [0.29, 0.717) is 28.5 Å². The Bertz CT molecular complexity index is 1390. The van der Waals surface area contributed by atoms with Crippen molar-refractivity contribution in [3.05, 3.63) is 94.3 Å². The number of aliphatic carboxylic acids is 1. The fourth-order valence-electron chi connectivity index (χ4n) is 3.75. The number of nitrogens with zero attached hydrogens (tertiary/aromatic N) is 3. The molecule has 174 valence electrons. The largest absolute Gasteiger partial charge is 0.481 e. The second-order valence-corrected chi connectivity index (χ2v) is 7.97. The van der Waals surface area contributed by atoms with Crippen LogP contribution in [0.3, 0.4) is 0 Å². The van der Waals surface area contributed by atoms with Gasteiger partial charge in [-0.2, -0.15) is 0 Å². The van der Waals surface area contributed by atoms with Gasteiger partial charge in [-0.25, -0.2) is 13.5 Å². The van der Waals surface area contributed by atoms with Gasteiger partial charge in [-0.1, -0.05) is 47.7 Å². The van der Waals surface area contributed by atoms with Crippen LogP contribution >= 0.6 is 0 Å². The third kappa shape index (κ3) is 4.99. The number of hydrogen-bond acceptors (Lipinski definition) is 5. The molecular formula is C25H21F2N3O4. The summed E-state index contributed by atoms with van der Waals surface area (Å²) in [7, 11) is 0. The standard InChI is InChI=1S/C25H21F2N3O4/c26-20-11-10-17(13-21(20)27)16-8-5-15(6-9-16)7-12-23(31)19(25(33)34)14-30-24(32)18-3-1-2-4-22(18)28-29-30/h1-6,8-11,13,19,23,31H,7,12,14H2,(H,33,34)/t19?,23-/m1/s1. The predicted molar refractivity (Wildman–Crippen MR) is 121 cm³/mol. The number of benzene rings is 3. The van der Waals surface area contributed by atoms with Gasteiger partial charge in [0.1, 0.15) is 11.4 Å². The average Bonchev–Trinajstić information content (AvgIpc) is 2.84. The molecule has 0 aliphatic carbocycles. The molecule has 0 saturated heterocycles. The lowest BCUT2D eigenvalue weighted by Crippen LogP contribution is -2.37. The van der Waals surface area contributed by atoms with Crippen LogP contribution in [0, 0.1) is 17.6 Å². The summed E-state index contributed by atoms with van der Waals surface area (Å²) in [6.45, 7) is -0.317. The van der Waals surface area contributed by atoms with Crippen LogP contribution in [-0.4, -0.2) is 37.3 Å². The van der Waals surface area contributed by atoms with E-state index in [-0.39, 0.29) is 13.0 Å². The van der Waals surface area contributed by atoms with Gasteiger partial charge in [0.05, 0.1) is 18.0 Å². The molecule has 0 amide bonds. The fraction of sp³-hybridized carbons (Fsp3) is 0.200. The van der Waals surface area contributed by atoms with Crippen molar-refractivity contribution < 1.29 is 23.8 Å². The van der Waals surface area contributed by atoms with Crippen molar-refractivity contribution in [2.75, 3.05) is 0 Å². The Morgan fingerprint density at radius 3 is 2.38 bits per heavy atom. The Morgan fingerprint density at radius 2 is 1.68 bits per heavy atom. The van der Waals surface area contributed by atoms with E-state index in [0.717, 1.165) is 22.4 Å². The number of fused-ring (bicyclic) bond motifs is 1. The van der Waals surface area contributed by atoms with Gasteiger partial charge >= 0.3 is 5.97 Å². The molecule has 0 aliphatic rings. The topological polar surface area (TPSA) is 105 Å². The maximum Gasteiger partial charge on any atom is 0.311 e. The SMILES string of the molecule is O=C(O)C(Cn1nnc2ccccc2c1=O)[C@H](O)CCc1ccc(-c2ccc(F)c(F)c2)cc1. The lowest BCUT2D eigenvalue weighted by Gasteiger charge is -2.19. The molecule has 0 radical (unpaired) electrons. The first-order chi connectivity index (χ1) is 16.3. The van der Waals surface area contributed by atoms with Crippen molar-refractivity contribution in [2.45, 2.75) is 25.5 Å². The van der Waals surface area contributed by atoms with Crippen LogP contribution in [0.5, 0.6) is 0 Å². The van der Waals surface area contributed by atoms with E-state index in [9.17, 15) is 28.6 Å². The lowest BCUT2D eigenvalue weighted by atomic mass is 9.95. The van der Waals surface area contributed by atoms with Gasteiger partial charge in [-0.3, -0.25) is 9.59 Å². The van der Waals surface area contributed by atoms with Crippen LogP contribution < -0.4 is 5.56 Å². The second kappa shape index (κ2) is 9.88. The molecule has 2 atom stereocenters. The molecule has 1 unspecified atom stereocenters. The van der Waals surface area contributed by atoms with Gasteiger partial charge in [-0.05, 0) is 53.8 Å². The monoisotopic (exact) mass is 465 g/mol. The molecule has 1 aromatic heterocycles. The quantitative estimate of drug-likeness (QED) is 0.413. The summed E-state index contributed by atoms with van der Waals surface area (Å²) in [5, 5.41) is 28.3. The van der Waals surface area contributed by atoms with Crippen LogP contribution in [0.1, 0.15) is 12.0 Å². The van der Waals surface area contributed by atoms with Gasteiger partial charge in [-0.15, -0.1) is 5.10 Å². The Balaban J connectivity index is 1.44. The first-order valence-electron chi connectivity index (χ1n) is 10.6. The van der Waals surface area contributed by atoms with Crippen molar-refractivity contribution in [1.82, 2.24) is 15.0 Å². The van der Waals surface area contributed by atoms with Crippen molar-refractivity contribution in [2.24, 2.45) is 5.92 Å². The minimum atomic E-state index is -1.25. The minimum absolute atomic E-state index is 0.136. The first kappa shape index (κ1) is 23.2. The van der Waals surface area contributed by atoms with Crippen LogP contribution in [0.4, 0.5) is 8.78 Å². The van der Waals surface area contributed by atoms with Crippen molar-refractivity contribution >= 4 is 16.9 Å². The Kier molecular flexibility index (Phi) is 6.74. The van der Waals surface area contributed by atoms with Crippen molar-refractivity contribution in [3.63, 3.8) is 0 Å². The predicted octanol–water partition coefficient (Wildman–Crippen LogP) is 3.43. The lowest BCUT2D eigenvalue weighted by molar-refractivity contribution is -0.146. The highest BCUT2D eigenvalue weighted by Gasteiger charge is 2.28. The zero-order chi connectivity index (χ0) is 24.2. The molecule has 0 spiro atoms. The second-order valence-electron chi connectivity index (χ2n) is 7.97. The van der Waals surface area contributed by atoms with Crippen molar-refractivity contribution in [3.8, 4) is 11.1 Å². The Hall–Kier alpha value is -3.98. The number of halogens is 2. The van der Waals surface area contributed by atoms with Crippen LogP contribution in [0.15, 0.2) is 71.5 Å². The Morgan fingerprint density at radius 1 is 0.971 bits per heavy atom. The third-order valence-corrected chi connectivity index (χ3v) is 5.72. The molecule has 3 aromatic carbocycles. The van der Waals surface area contributed by atoms with E-state index in [4.69, 9.17) is 0 Å². The molecule has 1 heterocycles. The molecule has 0 saturated carbocycles. The average molecular weight is 465 g/mol. The number of carbonyl (C=O) groups is 1. The van der Waals surface area contributed by atoms with Gasteiger partial charge in [0, 0.05) is 0 Å². The zero-order valence-corrected chi connectivity index (χ0v) is 17.9. The van der Waals surface area contributed by atoms with Crippen LogP contribution in [0.25, 0.3) is 22.0 Å². The van der Waals surface area contributed by atoms with Gasteiger partial charge in [0.15, 0.2) is 11.6 Å². The van der Waals surface area contributed by atoms with Crippen LogP contribution in [-0.2, 0) is 17.8 Å². The van der Waals surface area contributed by atoms with Crippen LogP contribution in [0.2, 0.25) is 0 Å². The summed E-state index contributed by atoms with van der Waals surface area (Å²) < 4.78 is 27.6. The molecule has 7 nitrogen and oxygen atoms in total. The van der Waals surface area contributed by atoms with E-state index in [1.807, 2.05) is 0 Å². The molecule has 34 heavy (non-hydrogen) atoms. The van der Waals surface area contributed by atoms with Gasteiger partial charge in [0.25, 0.3) is 5.56 Å². The van der Waals surface area contributed by atoms with E-state index < -0.39 is 35.2 Å². The number of carboxylic acids is 1. The smallest absolute Gasteiger partial charge is 0.311 e. The van der Waals surface area contributed by atoms with E-state index in [1.165, 1.54) is 6.07 Å². The number of aryl methyl sites for hydroxylation is 1. The number of hydrogen-bond donors (Lipinski definition) is 2. The van der Waals surface area contributed by atoms with E-state index >= 15 is 0 Å². The Labute approximate surface area is 192 Å². The normalized spacial score (nSPS) is 13.0. The van der Waals surface area contributed by atoms with Crippen molar-refractivity contribution in [1.29, 1.82) is 0 Å². The zero-order valence-electron chi connectivity index (χ0n) is 17.9. The van der Waals surface area contributed by atoms with E-state index in [2.05, 4.69) is 10.3 Å². The highest BCUT2D eigenvalue weighted by molar-refractivity contribution is 5.76. The molecule has 0 bridgehead atoms. The molecule has 4 rings (SSSR count). The van der Waals surface area contributed by atoms with Gasteiger partial charge < -0.3 is 10.2 Å². The third-order valence-electron chi connectivity index (χ3n) is 5.72. The number of aromatic nitrogens is 3. The highest BCUT2D eigenvalue weighted by atomic mass is 19.2. The molecular weight excluding hydrogens is 444 g/mol. The summed E-state index contributed by atoms with van der Waals surface area (Å²) in [4.78, 5) is 24.4. The summed E-state index contributed by atoms with van der Waals surface area (Å²) in [5.41, 5.74) is 1.98. The number of aliphatic hydroxyl groups excluding tert-OH is 1. The first-order valence-corrected chi connectivity index (χ1v) is 10.6. The molecule has 0 fully saturated rings. The number of rotatable bonds is 8. The highest BCUT2D eigenvalue weighted by Crippen LogP contribution is 2.23. The maximum absolute atomic E-state index is 13.5. The molecule has 9 heteroatoms. The summed E-state index contributed by atoms with van der Waals surface area (Å²) in [5.74, 6) is -4.35. The summed E-state index contributed by atoms with van der Waals surface area (Å²) in [6.07, 6.45) is -0.720. The molecule has 4 aromatic rings.